The number of halogens is 2. The minimum atomic E-state index is -0.250. The maximum atomic E-state index is 13.3. The molecule has 4 rings (SSSR count). The Morgan fingerprint density at radius 3 is 2.51 bits per heavy atom. The number of thiocarbonyl (C=S) groups is 1. The Bertz CT molecular complexity index is 1600. The number of nitrogens with one attached hydrogen (secondary N) is 2. The van der Waals surface area contributed by atoms with Gasteiger partial charge in [-0.1, -0.05) is 61.3 Å². The molecule has 43 heavy (non-hydrogen) atoms. The van der Waals surface area contributed by atoms with Gasteiger partial charge in [-0.3, -0.25) is 4.79 Å². The van der Waals surface area contributed by atoms with Gasteiger partial charge in [0.05, 0.1) is 34.4 Å². The van der Waals surface area contributed by atoms with Crippen LogP contribution in [0.5, 0.6) is 5.75 Å². The van der Waals surface area contributed by atoms with Crippen molar-refractivity contribution >= 4 is 52.1 Å². The molecule has 0 aliphatic heterocycles. The number of phenols is 1. The molecule has 222 valence electrons. The maximum absolute atomic E-state index is 13.3. The number of anilines is 1. The minimum Gasteiger partial charge on any atom is -0.508 e. The van der Waals surface area contributed by atoms with Gasteiger partial charge in [0.1, 0.15) is 5.75 Å². The van der Waals surface area contributed by atoms with E-state index in [-0.39, 0.29) is 30.0 Å². The molecule has 0 aliphatic carbocycles. The molecule has 0 saturated heterocycles. The molecule has 0 saturated carbocycles. The van der Waals surface area contributed by atoms with Crippen molar-refractivity contribution in [1.82, 2.24) is 19.8 Å². The number of benzene rings is 3. The van der Waals surface area contributed by atoms with Crippen LogP contribution in [0.4, 0.5) is 5.69 Å². The molecule has 1 atom stereocenters. The van der Waals surface area contributed by atoms with Gasteiger partial charge in [0, 0.05) is 43.3 Å². The molecule has 0 bridgehead atoms. The van der Waals surface area contributed by atoms with Gasteiger partial charge in [-0.2, -0.15) is 5.26 Å². The number of amides is 1. The van der Waals surface area contributed by atoms with Crippen LogP contribution in [0.2, 0.25) is 10.0 Å². The molecule has 11 heteroatoms. The topological polar surface area (TPSA) is 106 Å². The number of phenolic OH excluding ortho intramolecular Hbond substituents is 1. The Morgan fingerprint density at radius 1 is 1.12 bits per heavy atom. The number of nitriles is 1. The van der Waals surface area contributed by atoms with Crippen molar-refractivity contribution in [2.24, 2.45) is 5.92 Å². The van der Waals surface area contributed by atoms with Gasteiger partial charge in [0.15, 0.2) is 5.11 Å². The molecule has 3 aromatic carbocycles. The fourth-order valence-corrected chi connectivity index (χ4v) is 5.08. The van der Waals surface area contributed by atoms with E-state index in [2.05, 4.69) is 21.7 Å². The van der Waals surface area contributed by atoms with Crippen molar-refractivity contribution in [2.45, 2.75) is 39.4 Å². The van der Waals surface area contributed by atoms with E-state index in [1.807, 2.05) is 47.6 Å². The van der Waals surface area contributed by atoms with E-state index in [0.717, 1.165) is 16.8 Å². The Balaban J connectivity index is 1.48. The van der Waals surface area contributed by atoms with Crippen LogP contribution in [0, 0.1) is 17.2 Å². The van der Waals surface area contributed by atoms with E-state index in [4.69, 9.17) is 40.7 Å². The lowest BCUT2D eigenvalue weighted by molar-refractivity contribution is -0.121. The fourth-order valence-electron chi connectivity index (χ4n) is 4.44. The first-order valence-corrected chi connectivity index (χ1v) is 14.8. The molecule has 0 unspecified atom stereocenters. The number of nitrogens with zero attached hydrogens (tertiary/aromatic N) is 4. The molecule has 8 nitrogen and oxygen atoms in total. The molecule has 0 radical (unpaired) electrons. The highest BCUT2D eigenvalue weighted by Crippen LogP contribution is 2.27. The third-order valence-electron chi connectivity index (χ3n) is 6.94. The van der Waals surface area contributed by atoms with Crippen molar-refractivity contribution in [1.29, 1.82) is 5.26 Å². The number of aromatic hydroxyl groups is 1. The van der Waals surface area contributed by atoms with Crippen molar-refractivity contribution in [2.75, 3.05) is 11.9 Å². The highest BCUT2D eigenvalue weighted by molar-refractivity contribution is 7.80. The largest absolute Gasteiger partial charge is 0.508 e. The zero-order valence-corrected chi connectivity index (χ0v) is 26.1. The summed E-state index contributed by atoms with van der Waals surface area (Å²) in [5.74, 6) is 0.0969. The summed E-state index contributed by atoms with van der Waals surface area (Å²) in [7, 11) is 0. The number of rotatable bonds is 11. The molecule has 3 N–H and O–H groups in total. The van der Waals surface area contributed by atoms with Gasteiger partial charge in [-0.15, -0.1) is 0 Å². The zero-order chi connectivity index (χ0) is 30.9. The molecular weight excluding hydrogens is 603 g/mol. The summed E-state index contributed by atoms with van der Waals surface area (Å²) in [6.07, 6.45) is 3.54. The molecule has 1 heterocycles. The molecule has 1 amide bonds. The van der Waals surface area contributed by atoms with Gasteiger partial charge >= 0.3 is 0 Å². The summed E-state index contributed by atoms with van der Waals surface area (Å²) in [5.41, 5.74) is 3.88. The van der Waals surface area contributed by atoms with Crippen molar-refractivity contribution in [3.63, 3.8) is 0 Å². The number of carbonyl (C=O) groups is 1. The first-order valence-electron chi connectivity index (χ1n) is 13.7. The quantitative estimate of drug-likeness (QED) is 0.129. The molecule has 0 spiro atoms. The Hall–Kier alpha value is -4.10. The van der Waals surface area contributed by atoms with Gasteiger partial charge < -0.3 is 25.2 Å². The Morgan fingerprint density at radius 2 is 1.84 bits per heavy atom. The SMILES string of the molecule is CC(C)[C@@H](CN(Cc1cccc(Cl)c1Cl)C(=S)Nc1ccc(O)cc1)NC(=O)Cc1cncn1Cc1ccc(C#N)cc1. The minimum absolute atomic E-state index is 0.0846. The van der Waals surface area contributed by atoms with Crippen LogP contribution in [-0.4, -0.2) is 43.2 Å². The predicted octanol–water partition coefficient (Wildman–Crippen LogP) is 6.40. The van der Waals surface area contributed by atoms with E-state index in [0.29, 0.717) is 46.0 Å². The fraction of sp³-hybridized carbons (Fsp3) is 0.250. The molecule has 0 aliphatic rings. The van der Waals surface area contributed by atoms with Crippen LogP contribution in [0.15, 0.2) is 79.3 Å². The Labute approximate surface area is 266 Å². The van der Waals surface area contributed by atoms with Crippen LogP contribution < -0.4 is 10.6 Å². The van der Waals surface area contributed by atoms with Gasteiger partial charge in [-0.05, 0) is 71.7 Å². The summed E-state index contributed by atoms with van der Waals surface area (Å²) in [5, 5.41) is 26.5. The van der Waals surface area contributed by atoms with E-state index in [9.17, 15) is 9.90 Å². The highest BCUT2D eigenvalue weighted by Gasteiger charge is 2.23. The molecule has 1 aromatic heterocycles. The highest BCUT2D eigenvalue weighted by atomic mass is 35.5. The monoisotopic (exact) mass is 634 g/mol. The second kappa shape index (κ2) is 14.9. The number of aromatic nitrogens is 2. The van der Waals surface area contributed by atoms with E-state index in [1.165, 1.54) is 0 Å². The third kappa shape index (κ3) is 8.94. The van der Waals surface area contributed by atoms with Crippen LogP contribution in [0.25, 0.3) is 0 Å². The first-order chi connectivity index (χ1) is 20.6. The first kappa shape index (κ1) is 31.8. The smallest absolute Gasteiger partial charge is 0.226 e. The van der Waals surface area contributed by atoms with E-state index >= 15 is 0 Å². The van der Waals surface area contributed by atoms with Crippen LogP contribution in [-0.2, 0) is 24.3 Å². The molecular formula is C32H32Cl2N6O2S. The van der Waals surface area contributed by atoms with Crippen LogP contribution in [0.1, 0.15) is 36.2 Å². The number of hydrogen-bond acceptors (Lipinski definition) is 5. The average Bonchev–Trinajstić information content (AvgIpc) is 3.41. The van der Waals surface area contributed by atoms with Crippen molar-refractivity contribution < 1.29 is 9.90 Å². The van der Waals surface area contributed by atoms with Crippen LogP contribution >= 0.6 is 35.4 Å². The second-order valence-corrected chi connectivity index (χ2v) is 11.7. The van der Waals surface area contributed by atoms with Crippen LogP contribution in [0.3, 0.4) is 0 Å². The second-order valence-electron chi connectivity index (χ2n) is 10.5. The van der Waals surface area contributed by atoms with Gasteiger partial charge in [0.25, 0.3) is 0 Å². The summed E-state index contributed by atoms with van der Waals surface area (Å²) in [4.78, 5) is 19.5. The standard InChI is InChI=1S/C32H32Cl2N6O2S/c1-21(2)29(38-30(42)14-26-16-36-20-40(26)17-23-8-6-22(15-35)7-9-23)19-39(18-24-4-3-5-28(33)31(24)34)32(43)37-25-10-12-27(41)13-11-25/h3-13,16,20-21,29,41H,14,17-19H2,1-2H3,(H,37,43)(H,38,42)/t29-/m1/s1. The maximum Gasteiger partial charge on any atom is 0.226 e. The number of carbonyl (C=O) groups excluding carboxylic acids is 1. The third-order valence-corrected chi connectivity index (χ3v) is 8.16. The number of hydrogen-bond donors (Lipinski definition) is 3. The summed E-state index contributed by atoms with van der Waals surface area (Å²) >= 11 is 18.6. The number of imidazole rings is 1. The normalized spacial score (nSPS) is 11.5. The van der Waals surface area contributed by atoms with Crippen molar-refractivity contribution in [3.05, 3.63) is 112 Å². The van der Waals surface area contributed by atoms with Gasteiger partial charge in [0.2, 0.25) is 5.91 Å². The lowest BCUT2D eigenvalue weighted by Crippen LogP contribution is -2.49. The van der Waals surface area contributed by atoms with E-state index < -0.39 is 0 Å². The van der Waals surface area contributed by atoms with Crippen molar-refractivity contribution in [3.8, 4) is 11.8 Å². The summed E-state index contributed by atoms with van der Waals surface area (Å²) in [6, 6.07) is 21.3. The Kier molecular flexibility index (Phi) is 11.0. The molecule has 0 fully saturated rings. The average molecular weight is 636 g/mol. The lowest BCUT2D eigenvalue weighted by Gasteiger charge is -2.32. The summed E-state index contributed by atoms with van der Waals surface area (Å²) < 4.78 is 1.93. The lowest BCUT2D eigenvalue weighted by atomic mass is 10.0. The predicted molar refractivity (Wildman–Crippen MR) is 174 cm³/mol. The summed E-state index contributed by atoms with van der Waals surface area (Å²) in [6.45, 7) is 5.38. The van der Waals surface area contributed by atoms with Gasteiger partial charge in [-0.25, -0.2) is 4.98 Å². The van der Waals surface area contributed by atoms with E-state index in [1.54, 1.807) is 55.0 Å². The zero-order valence-electron chi connectivity index (χ0n) is 23.8. The molecule has 4 aromatic rings.